The lowest BCUT2D eigenvalue weighted by molar-refractivity contribution is 0.352. The molecule has 20 heavy (non-hydrogen) atoms. The van der Waals surface area contributed by atoms with Crippen molar-refractivity contribution in [2.75, 3.05) is 0 Å². The van der Waals surface area contributed by atoms with Gasteiger partial charge < -0.3 is 0 Å². The van der Waals surface area contributed by atoms with Gasteiger partial charge in [0.1, 0.15) is 5.82 Å². The average Bonchev–Trinajstić information content (AvgIpc) is 2.69. The van der Waals surface area contributed by atoms with Crippen LogP contribution in [-0.4, -0.2) is 6.04 Å². The van der Waals surface area contributed by atoms with Crippen molar-refractivity contribution in [2.45, 2.75) is 64.3 Å². The maximum absolute atomic E-state index is 13.1. The van der Waals surface area contributed by atoms with Crippen LogP contribution in [0.5, 0.6) is 0 Å². The Balaban J connectivity index is 1.93. The summed E-state index contributed by atoms with van der Waals surface area (Å²) in [7, 11) is 0. The number of hydrogen-bond acceptors (Lipinski definition) is 2. The van der Waals surface area contributed by atoms with Gasteiger partial charge in [-0.05, 0) is 48.9 Å². The molecule has 0 aliphatic heterocycles. The van der Waals surface area contributed by atoms with E-state index in [1.54, 1.807) is 12.1 Å². The van der Waals surface area contributed by atoms with Crippen molar-refractivity contribution in [3.05, 3.63) is 35.1 Å². The normalized spacial score (nSPS) is 18.8. The number of rotatable bonds is 5. The molecule has 2 nitrogen and oxygen atoms in total. The van der Waals surface area contributed by atoms with E-state index >= 15 is 0 Å². The summed E-state index contributed by atoms with van der Waals surface area (Å²) < 4.78 is 13.1. The van der Waals surface area contributed by atoms with Crippen LogP contribution in [0.15, 0.2) is 18.2 Å². The van der Waals surface area contributed by atoms with Gasteiger partial charge in [-0.25, -0.2) is 4.39 Å². The molecular formula is C17H27FN2. The van der Waals surface area contributed by atoms with Crippen LogP contribution in [0.1, 0.15) is 56.1 Å². The second-order valence-electron chi connectivity index (χ2n) is 6.23. The van der Waals surface area contributed by atoms with Crippen molar-refractivity contribution in [3.8, 4) is 0 Å². The molecule has 3 N–H and O–H groups in total. The molecule has 0 radical (unpaired) electrons. The van der Waals surface area contributed by atoms with Gasteiger partial charge in [-0.15, -0.1) is 0 Å². The summed E-state index contributed by atoms with van der Waals surface area (Å²) in [5.41, 5.74) is 5.18. The highest BCUT2D eigenvalue weighted by atomic mass is 19.1. The van der Waals surface area contributed by atoms with Crippen molar-refractivity contribution in [3.63, 3.8) is 0 Å². The van der Waals surface area contributed by atoms with Crippen LogP contribution in [0, 0.1) is 18.7 Å². The maximum atomic E-state index is 13.1. The minimum absolute atomic E-state index is 0.160. The van der Waals surface area contributed by atoms with Gasteiger partial charge in [0.05, 0.1) is 0 Å². The van der Waals surface area contributed by atoms with E-state index in [0.29, 0.717) is 6.04 Å². The molecule has 1 aliphatic carbocycles. The lowest BCUT2D eigenvalue weighted by Crippen LogP contribution is -2.38. The number of nitrogens with one attached hydrogen (secondary N) is 1. The fraction of sp³-hybridized carbons (Fsp3) is 0.647. The number of halogens is 1. The molecule has 1 fully saturated rings. The third-order valence-corrected chi connectivity index (χ3v) is 4.60. The molecule has 1 aliphatic rings. The minimum Gasteiger partial charge on any atom is -0.271 e. The number of hydrazine groups is 1. The summed E-state index contributed by atoms with van der Waals surface area (Å²) >= 11 is 0. The van der Waals surface area contributed by atoms with Crippen LogP contribution in [-0.2, 0) is 6.42 Å². The third-order valence-electron chi connectivity index (χ3n) is 4.60. The second-order valence-corrected chi connectivity index (χ2v) is 6.23. The first-order valence-electron chi connectivity index (χ1n) is 7.90. The molecular weight excluding hydrogens is 251 g/mol. The van der Waals surface area contributed by atoms with E-state index in [4.69, 9.17) is 5.84 Å². The standard InChI is InChI=1S/C17H27FN2/c1-13-10-16(18)9-8-15(13)12-17(20-19)11-14-6-4-2-3-5-7-14/h8-10,14,17,20H,2-7,11-12,19H2,1H3. The highest BCUT2D eigenvalue weighted by Crippen LogP contribution is 2.27. The molecule has 0 saturated heterocycles. The summed E-state index contributed by atoms with van der Waals surface area (Å²) in [6.07, 6.45) is 10.2. The first kappa shape index (κ1) is 15.5. The van der Waals surface area contributed by atoms with Crippen molar-refractivity contribution in [1.82, 2.24) is 5.43 Å². The molecule has 3 heteroatoms. The number of benzene rings is 1. The Morgan fingerprint density at radius 3 is 2.55 bits per heavy atom. The predicted molar refractivity (Wildman–Crippen MR) is 81.8 cm³/mol. The van der Waals surface area contributed by atoms with Crippen molar-refractivity contribution >= 4 is 0 Å². The lowest BCUT2D eigenvalue weighted by Gasteiger charge is -2.22. The van der Waals surface area contributed by atoms with Gasteiger partial charge in [-0.3, -0.25) is 11.3 Å². The Morgan fingerprint density at radius 1 is 1.25 bits per heavy atom. The van der Waals surface area contributed by atoms with E-state index in [9.17, 15) is 4.39 Å². The second kappa shape index (κ2) is 7.75. The highest BCUT2D eigenvalue weighted by Gasteiger charge is 2.18. The molecule has 1 atom stereocenters. The molecule has 0 aromatic heterocycles. The van der Waals surface area contributed by atoms with Gasteiger partial charge in [-0.1, -0.05) is 44.6 Å². The molecule has 1 saturated carbocycles. The molecule has 1 aromatic carbocycles. The molecule has 0 spiro atoms. The zero-order valence-electron chi connectivity index (χ0n) is 12.5. The Kier molecular flexibility index (Phi) is 5.99. The van der Waals surface area contributed by atoms with E-state index in [-0.39, 0.29) is 5.82 Å². The molecule has 0 bridgehead atoms. The SMILES string of the molecule is Cc1cc(F)ccc1CC(CC1CCCCCC1)NN. The lowest BCUT2D eigenvalue weighted by atomic mass is 9.89. The van der Waals surface area contributed by atoms with E-state index < -0.39 is 0 Å². The maximum Gasteiger partial charge on any atom is 0.123 e. The quantitative estimate of drug-likeness (QED) is 0.487. The topological polar surface area (TPSA) is 38.0 Å². The van der Waals surface area contributed by atoms with Crippen molar-refractivity contribution < 1.29 is 4.39 Å². The van der Waals surface area contributed by atoms with Crippen LogP contribution in [0.2, 0.25) is 0 Å². The largest absolute Gasteiger partial charge is 0.271 e. The zero-order valence-corrected chi connectivity index (χ0v) is 12.5. The van der Waals surface area contributed by atoms with Crippen LogP contribution < -0.4 is 11.3 Å². The number of hydrogen-bond donors (Lipinski definition) is 2. The third kappa shape index (κ3) is 4.57. The first-order valence-corrected chi connectivity index (χ1v) is 7.90. The van der Waals surface area contributed by atoms with E-state index in [0.717, 1.165) is 24.3 Å². The van der Waals surface area contributed by atoms with E-state index in [1.807, 2.05) is 13.0 Å². The molecule has 0 heterocycles. The molecule has 1 unspecified atom stereocenters. The summed E-state index contributed by atoms with van der Waals surface area (Å²) in [4.78, 5) is 0. The molecule has 0 amide bonds. The molecule has 112 valence electrons. The summed E-state index contributed by atoms with van der Waals surface area (Å²) in [6.45, 7) is 1.97. The summed E-state index contributed by atoms with van der Waals surface area (Å²) in [6, 6.07) is 5.33. The van der Waals surface area contributed by atoms with Gasteiger partial charge in [0.25, 0.3) is 0 Å². The van der Waals surface area contributed by atoms with Crippen LogP contribution in [0.4, 0.5) is 4.39 Å². The van der Waals surface area contributed by atoms with Crippen molar-refractivity contribution in [2.24, 2.45) is 11.8 Å². The zero-order chi connectivity index (χ0) is 14.4. The monoisotopic (exact) mass is 278 g/mol. The van der Waals surface area contributed by atoms with Gasteiger partial charge in [0.2, 0.25) is 0 Å². The van der Waals surface area contributed by atoms with E-state index in [1.165, 1.54) is 44.1 Å². The van der Waals surface area contributed by atoms with Crippen molar-refractivity contribution in [1.29, 1.82) is 0 Å². The van der Waals surface area contributed by atoms with Crippen LogP contribution in [0.3, 0.4) is 0 Å². The van der Waals surface area contributed by atoms with Gasteiger partial charge in [0, 0.05) is 6.04 Å². The number of aryl methyl sites for hydroxylation is 1. The van der Waals surface area contributed by atoms with Gasteiger partial charge in [0.15, 0.2) is 0 Å². The Labute approximate surface area is 121 Å². The Bertz CT molecular complexity index is 411. The van der Waals surface area contributed by atoms with Crippen LogP contribution in [0.25, 0.3) is 0 Å². The van der Waals surface area contributed by atoms with E-state index in [2.05, 4.69) is 5.43 Å². The summed E-state index contributed by atoms with van der Waals surface area (Å²) in [5, 5.41) is 0. The minimum atomic E-state index is -0.160. The highest BCUT2D eigenvalue weighted by molar-refractivity contribution is 5.27. The fourth-order valence-corrected chi connectivity index (χ4v) is 3.37. The summed E-state index contributed by atoms with van der Waals surface area (Å²) in [5.74, 6) is 6.36. The van der Waals surface area contributed by atoms with Gasteiger partial charge >= 0.3 is 0 Å². The molecule has 2 rings (SSSR count). The van der Waals surface area contributed by atoms with Gasteiger partial charge in [-0.2, -0.15) is 0 Å². The smallest absolute Gasteiger partial charge is 0.123 e. The Morgan fingerprint density at radius 2 is 1.95 bits per heavy atom. The first-order chi connectivity index (χ1) is 9.69. The number of nitrogens with two attached hydrogens (primary N) is 1. The predicted octanol–water partition coefficient (Wildman–Crippen LogP) is 3.87. The molecule has 1 aromatic rings. The average molecular weight is 278 g/mol. The van der Waals surface area contributed by atoms with Crippen LogP contribution >= 0.6 is 0 Å². The Hall–Kier alpha value is -0.930. The fourth-order valence-electron chi connectivity index (χ4n) is 3.37.